The van der Waals surface area contributed by atoms with E-state index in [0.29, 0.717) is 0 Å². The summed E-state index contributed by atoms with van der Waals surface area (Å²) in [6, 6.07) is 41.0. The monoisotopic (exact) mass is 625 g/mol. The third-order valence-corrected chi connectivity index (χ3v) is 20.6. The van der Waals surface area contributed by atoms with Crippen LogP contribution in [0, 0.1) is 13.8 Å². The Hall–Kier alpha value is -2.73. The number of hydrogen-bond acceptors (Lipinski definition) is 0. The first-order chi connectivity index (χ1) is 16.2. The molecule has 0 saturated carbocycles. The zero-order valence-electron chi connectivity index (χ0n) is 19.3. The third kappa shape index (κ3) is 4.05. The molecule has 0 amide bonds. The van der Waals surface area contributed by atoms with E-state index in [2.05, 4.69) is 135 Å². The summed E-state index contributed by atoms with van der Waals surface area (Å²) >= 11 is -3.01. The molecular weight excluding hydrogens is 596 g/mol. The minimum atomic E-state index is -3.01. The number of allylic oxidation sites excluding steroid dienone is 4. The van der Waals surface area contributed by atoms with Crippen molar-refractivity contribution in [3.8, 4) is 0 Å². The van der Waals surface area contributed by atoms with Crippen molar-refractivity contribution in [2.24, 2.45) is 0 Å². The molecule has 33 heavy (non-hydrogen) atoms. The first kappa shape index (κ1) is 22.1. The van der Waals surface area contributed by atoms with Gasteiger partial charge in [-0.3, -0.25) is 0 Å². The minimum absolute atomic E-state index is 0.589. The van der Waals surface area contributed by atoms with Crippen LogP contribution >= 0.6 is 0 Å². The maximum atomic E-state index is 2.47. The molecule has 4 aromatic rings. The summed E-state index contributed by atoms with van der Waals surface area (Å²) in [5.41, 5.74) is 2.89. The molecule has 0 nitrogen and oxygen atoms in total. The second-order valence-electron chi connectivity index (χ2n) is 8.29. The van der Waals surface area contributed by atoms with Crippen LogP contribution in [0.5, 0.6) is 0 Å². The van der Waals surface area contributed by atoms with E-state index in [1.165, 1.54) is 23.0 Å². The number of benzene rings is 4. The average Bonchev–Trinajstić information content (AvgIpc) is 3.33. The summed E-state index contributed by atoms with van der Waals surface area (Å²) in [6.45, 7) is 4.54. The Morgan fingerprint density at radius 3 is 1.64 bits per heavy atom. The molecule has 0 spiro atoms. The molecule has 0 saturated heterocycles. The summed E-state index contributed by atoms with van der Waals surface area (Å²) in [4.78, 5) is 0. The molecule has 0 radical (unpaired) electrons. The van der Waals surface area contributed by atoms with Crippen molar-refractivity contribution < 1.29 is 16.1 Å². The number of hydrogen-bond donors (Lipinski definition) is 0. The third-order valence-electron chi connectivity index (χ3n) is 6.28. The molecule has 0 aromatic heterocycles. The van der Waals surface area contributed by atoms with Gasteiger partial charge in [-0.15, -0.1) is 0 Å². The molecule has 0 fully saturated rings. The molecule has 1 aliphatic rings. The van der Waals surface area contributed by atoms with E-state index in [9.17, 15) is 0 Å². The fraction of sp³-hybridized carbons (Fsp3) is 0.0968. The molecule has 1 aliphatic carbocycles. The van der Waals surface area contributed by atoms with Crippen LogP contribution in [0.2, 0.25) is 0 Å². The maximum absolute atomic E-state index is 3.01. The van der Waals surface area contributed by atoms with Crippen molar-refractivity contribution in [1.82, 2.24) is 0 Å². The quantitative estimate of drug-likeness (QED) is 0.279. The zero-order chi connectivity index (χ0) is 22.7. The fourth-order valence-corrected chi connectivity index (χ4v) is 19.9. The van der Waals surface area contributed by atoms with Crippen LogP contribution in [0.15, 0.2) is 131 Å². The summed E-state index contributed by atoms with van der Waals surface area (Å²) in [5, 5.41) is 3.23. The molecule has 5 rings (SSSR count). The van der Waals surface area contributed by atoms with Gasteiger partial charge < -0.3 is 0 Å². The second kappa shape index (κ2) is 9.63. The second-order valence-corrected chi connectivity index (χ2v) is 18.9. The molecule has 0 atom stereocenters. The van der Waals surface area contributed by atoms with Gasteiger partial charge in [-0.05, 0) is 0 Å². The van der Waals surface area contributed by atoms with Gasteiger partial charge in [0.25, 0.3) is 0 Å². The Labute approximate surface area is 203 Å². The molecule has 168 valence electrons. The van der Waals surface area contributed by atoms with Crippen molar-refractivity contribution in [3.05, 3.63) is 142 Å². The van der Waals surface area contributed by atoms with Crippen LogP contribution in [0.25, 0.3) is 0 Å². The standard InChI is InChI=1S/C13H15Si.3C6H5.Pt/c1-10-6-5-9-13(11(10)2)14-12-7-3-4-8-12;3*1-2-4-6-5-3-1;/h3,5-7,9H,4,14H2,1-2H3;3*1-5H;. The van der Waals surface area contributed by atoms with E-state index in [0.717, 1.165) is 6.42 Å². The molecule has 2 heteroatoms. The number of rotatable bonds is 6. The molecular formula is C31H30PtSi. The van der Waals surface area contributed by atoms with E-state index in [4.69, 9.17) is 0 Å². The topological polar surface area (TPSA) is 0 Å². The molecule has 0 unspecified atom stereocenters. The van der Waals surface area contributed by atoms with Crippen LogP contribution in [-0.4, -0.2) is 9.52 Å². The van der Waals surface area contributed by atoms with Gasteiger partial charge in [0, 0.05) is 0 Å². The summed E-state index contributed by atoms with van der Waals surface area (Å²) in [5.74, 6) is 0. The Kier molecular flexibility index (Phi) is 6.44. The van der Waals surface area contributed by atoms with Crippen LogP contribution in [0.3, 0.4) is 0 Å². The van der Waals surface area contributed by atoms with Crippen molar-refractivity contribution in [2.45, 2.75) is 20.3 Å². The van der Waals surface area contributed by atoms with Crippen molar-refractivity contribution in [2.75, 3.05) is 0 Å². The van der Waals surface area contributed by atoms with Gasteiger partial charge in [-0.25, -0.2) is 0 Å². The molecule has 4 aromatic carbocycles. The Balaban J connectivity index is 1.80. The molecule has 0 aliphatic heterocycles. The molecule has 0 bridgehead atoms. The van der Waals surface area contributed by atoms with Crippen LogP contribution in [0.4, 0.5) is 0 Å². The van der Waals surface area contributed by atoms with E-state index in [1.54, 1.807) is 14.3 Å². The van der Waals surface area contributed by atoms with E-state index in [-0.39, 0.29) is 0 Å². The Morgan fingerprint density at radius 2 is 1.12 bits per heavy atom. The van der Waals surface area contributed by atoms with Gasteiger partial charge in [0.1, 0.15) is 0 Å². The fourth-order valence-electron chi connectivity index (χ4n) is 4.45. The summed E-state index contributed by atoms with van der Waals surface area (Å²) in [6.07, 6.45) is 5.97. The van der Waals surface area contributed by atoms with Gasteiger partial charge in [-0.2, -0.15) is 0 Å². The van der Waals surface area contributed by atoms with Gasteiger partial charge in [0.2, 0.25) is 0 Å². The van der Waals surface area contributed by atoms with Crippen LogP contribution < -0.4 is 17.0 Å². The van der Waals surface area contributed by atoms with Gasteiger partial charge in [0.05, 0.1) is 0 Å². The molecule has 0 N–H and O–H groups in total. The SMILES string of the molecule is Cc1cccc([SiH2]C2=[C]([Pt]([c]3ccccc3)([c]3ccccc3)[c]3ccccc3)CC=C2)c1C. The summed E-state index contributed by atoms with van der Waals surface area (Å²) < 4.78 is 6.29. The zero-order valence-corrected chi connectivity index (χ0v) is 23.0. The Bertz CT molecular complexity index is 1210. The summed E-state index contributed by atoms with van der Waals surface area (Å²) in [7, 11) is -0.589. The normalized spacial score (nSPS) is 14.4. The van der Waals surface area contributed by atoms with Gasteiger partial charge in [0.15, 0.2) is 0 Å². The van der Waals surface area contributed by atoms with Gasteiger partial charge >= 0.3 is 205 Å². The number of aryl methyl sites for hydroxylation is 1. The van der Waals surface area contributed by atoms with Crippen molar-refractivity contribution in [3.63, 3.8) is 0 Å². The van der Waals surface area contributed by atoms with Crippen molar-refractivity contribution in [1.29, 1.82) is 0 Å². The van der Waals surface area contributed by atoms with E-state index in [1.807, 2.05) is 0 Å². The van der Waals surface area contributed by atoms with E-state index < -0.39 is 25.6 Å². The molecule has 0 heterocycles. The first-order valence-electron chi connectivity index (χ1n) is 11.4. The van der Waals surface area contributed by atoms with Gasteiger partial charge in [-0.1, -0.05) is 0 Å². The first-order valence-corrected chi connectivity index (χ1v) is 17.4. The average molecular weight is 626 g/mol. The Morgan fingerprint density at radius 1 is 0.606 bits per heavy atom. The van der Waals surface area contributed by atoms with Crippen LogP contribution in [0.1, 0.15) is 17.5 Å². The van der Waals surface area contributed by atoms with Crippen molar-refractivity contribution >= 4 is 26.6 Å². The predicted molar refractivity (Wildman–Crippen MR) is 143 cm³/mol. The predicted octanol–water partition coefficient (Wildman–Crippen LogP) is 4.40. The van der Waals surface area contributed by atoms with E-state index >= 15 is 0 Å². The van der Waals surface area contributed by atoms with Crippen LogP contribution in [-0.2, 0) is 16.1 Å².